The SMILES string of the molecule is CCCNCc1csc(Nc2cc(OC)c(OC)c(OC)c2)n1. The molecule has 0 bridgehead atoms. The molecule has 2 N–H and O–H groups in total. The zero-order valence-electron chi connectivity index (χ0n) is 13.9. The van der Waals surface area contributed by atoms with Gasteiger partial charge in [0.1, 0.15) is 0 Å². The van der Waals surface area contributed by atoms with E-state index in [9.17, 15) is 0 Å². The number of methoxy groups -OCH3 is 3. The fraction of sp³-hybridized carbons (Fsp3) is 0.438. The van der Waals surface area contributed by atoms with E-state index in [1.165, 1.54) is 0 Å². The van der Waals surface area contributed by atoms with Crippen LogP contribution in [0.1, 0.15) is 19.0 Å². The summed E-state index contributed by atoms with van der Waals surface area (Å²) in [5.41, 5.74) is 1.86. The van der Waals surface area contributed by atoms with Gasteiger partial charge in [0.25, 0.3) is 0 Å². The smallest absolute Gasteiger partial charge is 0.203 e. The van der Waals surface area contributed by atoms with Gasteiger partial charge in [-0.3, -0.25) is 0 Å². The zero-order valence-corrected chi connectivity index (χ0v) is 14.8. The molecule has 2 aromatic rings. The van der Waals surface area contributed by atoms with Crippen LogP contribution in [0, 0.1) is 0 Å². The van der Waals surface area contributed by atoms with Crippen molar-refractivity contribution in [3.05, 3.63) is 23.2 Å². The first kappa shape index (κ1) is 17.4. The minimum Gasteiger partial charge on any atom is -0.493 e. The van der Waals surface area contributed by atoms with Crippen LogP contribution in [0.4, 0.5) is 10.8 Å². The van der Waals surface area contributed by atoms with Gasteiger partial charge < -0.3 is 24.8 Å². The van der Waals surface area contributed by atoms with E-state index in [2.05, 4.69) is 22.5 Å². The predicted octanol–water partition coefficient (Wildman–Crippen LogP) is 3.41. The summed E-state index contributed by atoms with van der Waals surface area (Å²) in [7, 11) is 4.79. The van der Waals surface area contributed by atoms with Crippen LogP contribution in [0.25, 0.3) is 0 Å². The van der Waals surface area contributed by atoms with Crippen LogP contribution < -0.4 is 24.8 Å². The molecule has 7 heteroatoms. The molecule has 0 amide bonds. The first-order valence-corrected chi connectivity index (χ1v) is 8.31. The largest absolute Gasteiger partial charge is 0.493 e. The van der Waals surface area contributed by atoms with Crippen molar-refractivity contribution in [1.82, 2.24) is 10.3 Å². The van der Waals surface area contributed by atoms with Crippen LogP contribution in [0.2, 0.25) is 0 Å². The quantitative estimate of drug-likeness (QED) is 0.684. The van der Waals surface area contributed by atoms with Crippen LogP contribution in [0.5, 0.6) is 17.2 Å². The monoisotopic (exact) mass is 337 g/mol. The van der Waals surface area contributed by atoms with Gasteiger partial charge in [-0.15, -0.1) is 11.3 Å². The highest BCUT2D eigenvalue weighted by Gasteiger charge is 2.14. The third-order valence-electron chi connectivity index (χ3n) is 3.20. The Hall–Kier alpha value is -1.99. The summed E-state index contributed by atoms with van der Waals surface area (Å²) < 4.78 is 16.0. The molecular formula is C16H23N3O3S. The average Bonchev–Trinajstić information content (AvgIpc) is 3.01. The molecule has 1 heterocycles. The molecule has 2 rings (SSSR count). The molecule has 0 aliphatic rings. The Labute approximate surface area is 140 Å². The summed E-state index contributed by atoms with van der Waals surface area (Å²) in [4.78, 5) is 4.56. The van der Waals surface area contributed by atoms with Crippen LogP contribution in [0.3, 0.4) is 0 Å². The molecule has 1 aromatic heterocycles. The second-order valence-electron chi connectivity index (χ2n) is 4.86. The number of hydrogen-bond acceptors (Lipinski definition) is 7. The fourth-order valence-corrected chi connectivity index (χ4v) is 2.85. The van der Waals surface area contributed by atoms with Gasteiger partial charge in [-0.1, -0.05) is 6.92 Å². The lowest BCUT2D eigenvalue weighted by molar-refractivity contribution is 0.324. The summed E-state index contributed by atoms with van der Waals surface area (Å²) in [5.74, 6) is 1.79. The predicted molar refractivity (Wildman–Crippen MR) is 93.5 cm³/mol. The number of thiazole rings is 1. The maximum absolute atomic E-state index is 5.36. The molecule has 0 spiro atoms. The van der Waals surface area contributed by atoms with Crippen molar-refractivity contribution in [2.75, 3.05) is 33.2 Å². The van der Waals surface area contributed by atoms with Gasteiger partial charge in [-0.25, -0.2) is 4.98 Å². The molecule has 0 aliphatic carbocycles. The molecule has 0 saturated carbocycles. The Bertz CT molecular complexity index is 606. The van der Waals surface area contributed by atoms with Crippen LogP contribution in [-0.4, -0.2) is 32.9 Å². The number of anilines is 2. The van der Waals surface area contributed by atoms with Crippen molar-refractivity contribution in [1.29, 1.82) is 0 Å². The topological polar surface area (TPSA) is 64.6 Å². The third kappa shape index (κ3) is 4.49. The molecule has 1 aromatic carbocycles. The van der Waals surface area contributed by atoms with E-state index in [1.54, 1.807) is 32.7 Å². The van der Waals surface area contributed by atoms with E-state index in [4.69, 9.17) is 14.2 Å². The van der Waals surface area contributed by atoms with Gasteiger partial charge in [0.05, 0.1) is 27.0 Å². The number of ether oxygens (including phenoxy) is 3. The van der Waals surface area contributed by atoms with E-state index in [0.717, 1.165) is 36.0 Å². The molecule has 6 nitrogen and oxygen atoms in total. The number of nitrogens with one attached hydrogen (secondary N) is 2. The highest BCUT2D eigenvalue weighted by molar-refractivity contribution is 7.13. The number of hydrogen-bond donors (Lipinski definition) is 2. The summed E-state index contributed by atoms with van der Waals surface area (Å²) in [5, 5.41) is 9.49. The molecule has 0 saturated heterocycles. The minimum absolute atomic E-state index is 0.573. The summed E-state index contributed by atoms with van der Waals surface area (Å²) >= 11 is 1.56. The second kappa shape index (κ2) is 8.59. The number of rotatable bonds is 9. The Morgan fingerprint density at radius 2 is 1.78 bits per heavy atom. The Kier molecular flexibility index (Phi) is 6.49. The molecular weight excluding hydrogens is 314 g/mol. The normalized spacial score (nSPS) is 10.4. The lowest BCUT2D eigenvalue weighted by Gasteiger charge is -2.14. The molecule has 0 aliphatic heterocycles. The summed E-state index contributed by atoms with van der Waals surface area (Å²) in [6.07, 6.45) is 1.11. The first-order valence-electron chi connectivity index (χ1n) is 7.44. The van der Waals surface area contributed by atoms with E-state index in [0.29, 0.717) is 17.2 Å². The van der Waals surface area contributed by atoms with Crippen LogP contribution in [-0.2, 0) is 6.54 Å². The van der Waals surface area contributed by atoms with Gasteiger partial charge in [-0.2, -0.15) is 0 Å². The van der Waals surface area contributed by atoms with Crippen LogP contribution >= 0.6 is 11.3 Å². The maximum atomic E-state index is 5.36. The first-order chi connectivity index (χ1) is 11.2. The van der Waals surface area contributed by atoms with Crippen molar-refractivity contribution in [3.8, 4) is 17.2 Å². The Balaban J connectivity index is 2.13. The van der Waals surface area contributed by atoms with Gasteiger partial charge >= 0.3 is 0 Å². The van der Waals surface area contributed by atoms with Crippen molar-refractivity contribution < 1.29 is 14.2 Å². The second-order valence-corrected chi connectivity index (χ2v) is 5.72. The van der Waals surface area contributed by atoms with Gasteiger partial charge in [0, 0.05) is 29.7 Å². The molecule has 0 radical (unpaired) electrons. The Morgan fingerprint density at radius 3 is 2.35 bits per heavy atom. The zero-order chi connectivity index (χ0) is 16.7. The van der Waals surface area contributed by atoms with E-state index in [1.807, 2.05) is 17.5 Å². The fourth-order valence-electron chi connectivity index (χ4n) is 2.12. The third-order valence-corrected chi connectivity index (χ3v) is 4.01. The van der Waals surface area contributed by atoms with Crippen molar-refractivity contribution in [2.24, 2.45) is 0 Å². The molecule has 0 unspecified atom stereocenters. The number of benzene rings is 1. The van der Waals surface area contributed by atoms with Crippen molar-refractivity contribution in [2.45, 2.75) is 19.9 Å². The standard InChI is InChI=1S/C16H23N3O3S/c1-5-6-17-9-12-10-23-16(19-12)18-11-7-13(20-2)15(22-4)14(8-11)21-3/h7-8,10,17H,5-6,9H2,1-4H3,(H,18,19). The lowest BCUT2D eigenvalue weighted by atomic mass is 10.2. The molecule has 0 atom stereocenters. The molecule has 0 fully saturated rings. The highest BCUT2D eigenvalue weighted by Crippen LogP contribution is 2.40. The van der Waals surface area contributed by atoms with Crippen molar-refractivity contribution >= 4 is 22.2 Å². The number of aromatic nitrogens is 1. The van der Waals surface area contributed by atoms with E-state index >= 15 is 0 Å². The maximum Gasteiger partial charge on any atom is 0.203 e. The van der Waals surface area contributed by atoms with Crippen LogP contribution in [0.15, 0.2) is 17.5 Å². The van der Waals surface area contributed by atoms with Crippen molar-refractivity contribution in [3.63, 3.8) is 0 Å². The van der Waals surface area contributed by atoms with Gasteiger partial charge in [0.15, 0.2) is 16.6 Å². The van der Waals surface area contributed by atoms with Gasteiger partial charge in [0.2, 0.25) is 5.75 Å². The molecule has 126 valence electrons. The summed E-state index contributed by atoms with van der Waals surface area (Å²) in [6.45, 7) is 3.92. The summed E-state index contributed by atoms with van der Waals surface area (Å²) in [6, 6.07) is 3.72. The number of nitrogens with zero attached hydrogens (tertiary/aromatic N) is 1. The minimum atomic E-state index is 0.573. The highest BCUT2D eigenvalue weighted by atomic mass is 32.1. The van der Waals surface area contributed by atoms with E-state index in [-0.39, 0.29) is 0 Å². The molecule has 23 heavy (non-hydrogen) atoms. The Morgan fingerprint density at radius 1 is 1.09 bits per heavy atom. The lowest BCUT2D eigenvalue weighted by Crippen LogP contribution is -2.13. The average molecular weight is 337 g/mol. The van der Waals surface area contributed by atoms with Gasteiger partial charge in [-0.05, 0) is 13.0 Å². The van der Waals surface area contributed by atoms with E-state index < -0.39 is 0 Å².